The van der Waals surface area contributed by atoms with Crippen LogP contribution < -0.4 is 0 Å². The zero-order chi connectivity index (χ0) is 7.56. The van der Waals surface area contributed by atoms with Crippen LogP contribution in [0.2, 0.25) is 0 Å². The third kappa shape index (κ3) is 1.16. The molecule has 0 aromatic heterocycles. The lowest BCUT2D eigenvalue weighted by Crippen LogP contribution is -1.95. The highest BCUT2D eigenvalue weighted by Crippen LogP contribution is 2.05. The van der Waals surface area contributed by atoms with Gasteiger partial charge >= 0.3 is 5.97 Å². The Morgan fingerprint density at radius 3 is 3.33 bits per heavy atom. The predicted molar refractivity (Wildman–Crippen MR) is 33.0 cm³/mol. The molecule has 0 unspecified atom stereocenters. The molecule has 1 rings (SSSR count). The van der Waals surface area contributed by atoms with Crippen molar-refractivity contribution in [3.8, 4) is 0 Å². The quantitative estimate of drug-likeness (QED) is 0.386. The van der Waals surface area contributed by atoms with Crippen LogP contribution in [0.4, 0.5) is 0 Å². The first-order valence-electron chi connectivity index (χ1n) is 3.21. The lowest BCUT2D eigenvalue weighted by atomic mass is 10.3. The minimum Gasteiger partial charge on any atom is -0.410 e. The fourth-order valence-electron chi connectivity index (χ4n) is 0.534. The topological polar surface area (TPSA) is 38.7 Å². The summed E-state index contributed by atoms with van der Waals surface area (Å²) in [5, 5.41) is 0. The van der Waals surface area contributed by atoms with Crippen LogP contribution in [0.3, 0.4) is 0 Å². The summed E-state index contributed by atoms with van der Waals surface area (Å²) in [6, 6.07) is 0. The van der Waals surface area contributed by atoms with Crippen LogP contribution in [0.5, 0.6) is 0 Å². The largest absolute Gasteiger partial charge is 0.410 e. The standard InChI is InChI=1S/C6H7NO2/c1-2-3-5-6(8)9-4-7-5/h3-4H,2H2,1H3/b5-3+/i4D. The Morgan fingerprint density at radius 2 is 2.89 bits per heavy atom. The molecular formula is C6H7NO2. The average Bonchev–Trinajstić information content (AvgIpc) is 2.13. The number of esters is 1. The zero-order valence-corrected chi connectivity index (χ0v) is 5.05. The van der Waals surface area contributed by atoms with Gasteiger partial charge in [0.2, 0.25) is 0 Å². The van der Waals surface area contributed by atoms with Crippen molar-refractivity contribution in [1.29, 1.82) is 0 Å². The molecule has 0 radical (unpaired) electrons. The van der Waals surface area contributed by atoms with Crippen LogP contribution in [0.1, 0.15) is 14.7 Å². The summed E-state index contributed by atoms with van der Waals surface area (Å²) in [4.78, 5) is 14.2. The first-order valence-corrected chi connectivity index (χ1v) is 2.71. The fourth-order valence-corrected chi connectivity index (χ4v) is 0.534. The van der Waals surface area contributed by atoms with Crippen molar-refractivity contribution in [1.82, 2.24) is 0 Å². The van der Waals surface area contributed by atoms with Gasteiger partial charge in [0.1, 0.15) is 7.07 Å². The van der Waals surface area contributed by atoms with Crippen molar-refractivity contribution < 1.29 is 10.9 Å². The van der Waals surface area contributed by atoms with Gasteiger partial charge in [0.05, 0.1) is 0 Å². The number of hydrogen-bond donors (Lipinski definition) is 0. The molecule has 0 bridgehead atoms. The minimum atomic E-state index is -0.521. The average molecular weight is 126 g/mol. The molecule has 0 amide bonds. The second-order valence-corrected chi connectivity index (χ2v) is 1.59. The van der Waals surface area contributed by atoms with Crippen LogP contribution in [0, 0.1) is 0 Å². The van der Waals surface area contributed by atoms with E-state index in [-0.39, 0.29) is 12.1 Å². The Bertz CT molecular complexity index is 220. The van der Waals surface area contributed by atoms with Gasteiger partial charge in [0, 0.05) is 0 Å². The van der Waals surface area contributed by atoms with Gasteiger partial charge in [-0.15, -0.1) is 0 Å². The van der Waals surface area contributed by atoms with E-state index in [4.69, 9.17) is 1.37 Å². The lowest BCUT2D eigenvalue weighted by molar-refractivity contribution is -0.129. The number of cyclic esters (lactones) is 1. The first-order chi connectivity index (χ1) is 4.74. The number of hydrogen-bond acceptors (Lipinski definition) is 3. The highest BCUT2D eigenvalue weighted by atomic mass is 16.5. The maximum atomic E-state index is 10.6. The van der Waals surface area contributed by atoms with E-state index in [1.165, 1.54) is 0 Å². The summed E-state index contributed by atoms with van der Waals surface area (Å²) in [6.45, 7) is 1.89. The summed E-state index contributed by atoms with van der Waals surface area (Å²) < 4.78 is 11.2. The van der Waals surface area contributed by atoms with E-state index in [1.807, 2.05) is 6.92 Å². The number of rotatable bonds is 1. The van der Waals surface area contributed by atoms with Crippen molar-refractivity contribution in [2.75, 3.05) is 0 Å². The predicted octanol–water partition coefficient (Wildman–Crippen LogP) is 0.865. The van der Waals surface area contributed by atoms with Gasteiger partial charge in [-0.1, -0.05) is 13.0 Å². The van der Waals surface area contributed by atoms with E-state index in [1.54, 1.807) is 6.08 Å². The Labute approximate surface area is 54.4 Å². The van der Waals surface area contributed by atoms with Gasteiger partial charge < -0.3 is 4.74 Å². The maximum Gasteiger partial charge on any atom is 0.362 e. The molecule has 3 heteroatoms. The molecule has 48 valence electrons. The van der Waals surface area contributed by atoms with E-state index in [2.05, 4.69) is 9.73 Å². The molecule has 0 N–H and O–H groups in total. The highest BCUT2D eigenvalue weighted by Gasteiger charge is 2.12. The van der Waals surface area contributed by atoms with Crippen LogP contribution in [-0.2, 0) is 9.53 Å². The van der Waals surface area contributed by atoms with E-state index >= 15 is 0 Å². The third-order valence-electron chi connectivity index (χ3n) is 0.911. The van der Waals surface area contributed by atoms with Gasteiger partial charge in [-0.2, -0.15) is 0 Å². The van der Waals surface area contributed by atoms with Gasteiger partial charge in [-0.3, -0.25) is 0 Å². The molecule has 0 aromatic carbocycles. The fraction of sp³-hybridized carbons (Fsp3) is 0.333. The molecular weight excluding hydrogens is 118 g/mol. The normalized spacial score (nSPS) is 23.7. The Morgan fingerprint density at radius 1 is 2.11 bits per heavy atom. The molecule has 0 aromatic rings. The first kappa shape index (κ1) is 4.73. The molecule has 3 nitrogen and oxygen atoms in total. The molecule has 0 saturated carbocycles. The molecule has 0 spiro atoms. The molecule has 9 heavy (non-hydrogen) atoms. The number of carbonyl (C=O) groups is 1. The highest BCUT2D eigenvalue weighted by molar-refractivity contribution is 5.97. The molecule has 1 aliphatic rings. The number of carbonyl (C=O) groups excluding carboxylic acids is 1. The third-order valence-corrected chi connectivity index (χ3v) is 0.911. The van der Waals surface area contributed by atoms with Crippen molar-refractivity contribution in [2.45, 2.75) is 13.3 Å². The molecule has 0 atom stereocenters. The molecule has 0 saturated heterocycles. The van der Waals surface area contributed by atoms with Crippen LogP contribution >= 0.6 is 0 Å². The zero-order valence-electron chi connectivity index (χ0n) is 6.05. The lowest BCUT2D eigenvalue weighted by Gasteiger charge is -1.84. The van der Waals surface area contributed by atoms with E-state index in [0.717, 1.165) is 6.42 Å². The Hall–Kier alpha value is -1.12. The van der Waals surface area contributed by atoms with Crippen molar-refractivity contribution >= 4 is 12.3 Å². The summed E-state index contributed by atoms with van der Waals surface area (Å²) >= 11 is 0. The second-order valence-electron chi connectivity index (χ2n) is 1.59. The van der Waals surface area contributed by atoms with Crippen LogP contribution in [-0.4, -0.2) is 12.3 Å². The summed E-state index contributed by atoms with van der Waals surface area (Å²) in [5.41, 5.74) is 0.243. The van der Waals surface area contributed by atoms with Gasteiger partial charge in [-0.25, -0.2) is 9.79 Å². The summed E-state index contributed by atoms with van der Waals surface area (Å²) in [7, 11) is 0. The van der Waals surface area contributed by atoms with Crippen molar-refractivity contribution in [3.63, 3.8) is 0 Å². The van der Waals surface area contributed by atoms with Gasteiger partial charge in [0.15, 0.2) is 6.38 Å². The van der Waals surface area contributed by atoms with Crippen molar-refractivity contribution in [2.24, 2.45) is 4.99 Å². The molecule has 0 fully saturated rings. The molecule has 1 aliphatic heterocycles. The van der Waals surface area contributed by atoms with E-state index < -0.39 is 5.97 Å². The Kier molecular flexibility index (Phi) is 1.28. The molecule has 0 aliphatic carbocycles. The summed E-state index contributed by atoms with van der Waals surface area (Å²) in [5.74, 6) is -0.521. The monoisotopic (exact) mass is 126 g/mol. The maximum absolute atomic E-state index is 10.6. The summed E-state index contributed by atoms with van der Waals surface area (Å²) in [6.07, 6.45) is 2.04. The number of nitrogens with zero attached hydrogens (tertiary/aromatic N) is 1. The van der Waals surface area contributed by atoms with Crippen LogP contribution in [0.25, 0.3) is 0 Å². The minimum absolute atomic E-state index is 0.243. The van der Waals surface area contributed by atoms with Gasteiger partial charge in [0.25, 0.3) is 0 Å². The second kappa shape index (κ2) is 2.44. The van der Waals surface area contributed by atoms with Crippen molar-refractivity contribution in [3.05, 3.63) is 11.8 Å². The van der Waals surface area contributed by atoms with Gasteiger partial charge in [-0.05, 0) is 6.42 Å². The van der Waals surface area contributed by atoms with E-state index in [0.29, 0.717) is 0 Å². The van der Waals surface area contributed by atoms with Crippen LogP contribution in [0.15, 0.2) is 16.8 Å². The Balaban J connectivity index is 2.79. The number of ether oxygens (including phenoxy) is 1. The SMILES string of the molecule is [2H]C1=N/C(=C/CC)C(=O)O1. The number of allylic oxidation sites excluding steroid dienone is 1. The number of aliphatic imine (C=N–C) groups is 1. The van der Waals surface area contributed by atoms with E-state index in [9.17, 15) is 4.79 Å². The molecule has 1 heterocycles. The smallest absolute Gasteiger partial charge is 0.362 e.